The van der Waals surface area contributed by atoms with Crippen molar-refractivity contribution in [1.82, 2.24) is 0 Å². The summed E-state index contributed by atoms with van der Waals surface area (Å²) < 4.78 is 1.73. The van der Waals surface area contributed by atoms with E-state index >= 15 is 0 Å². The predicted molar refractivity (Wildman–Crippen MR) is 92.5 cm³/mol. The second kappa shape index (κ2) is 10.3. The fourth-order valence-electron chi connectivity index (χ4n) is 2.58. The second-order valence-electron chi connectivity index (χ2n) is 6.75. The molecule has 0 rings (SSSR count). The molecule has 1 nitrogen and oxygen atoms in total. The Balaban J connectivity index is 4.97. The van der Waals surface area contributed by atoms with Crippen molar-refractivity contribution in [3.63, 3.8) is 0 Å². The third kappa shape index (κ3) is 8.07. The Morgan fingerprint density at radius 3 is 1.50 bits per heavy atom. The first-order valence-corrected chi connectivity index (χ1v) is 11.4. The van der Waals surface area contributed by atoms with Crippen molar-refractivity contribution in [2.75, 3.05) is 0 Å². The van der Waals surface area contributed by atoms with Gasteiger partial charge in [0.15, 0.2) is 0 Å². The van der Waals surface area contributed by atoms with Gasteiger partial charge in [-0.2, -0.15) is 0 Å². The predicted octanol–water partition coefficient (Wildman–Crippen LogP) is 5.70. The van der Waals surface area contributed by atoms with Crippen LogP contribution in [0.25, 0.3) is 0 Å². The van der Waals surface area contributed by atoms with Crippen molar-refractivity contribution >= 4 is 21.1 Å². The van der Waals surface area contributed by atoms with Crippen molar-refractivity contribution in [3.8, 4) is 0 Å². The molecule has 0 atom stereocenters. The molecule has 0 aliphatic rings. The summed E-state index contributed by atoms with van der Waals surface area (Å²) in [5, 5.41) is 10.3. The van der Waals surface area contributed by atoms with Crippen LogP contribution in [-0.4, -0.2) is 31.8 Å². The van der Waals surface area contributed by atoms with Crippen LogP contribution in [0.2, 0.25) is 3.43 Å². The number of unbranched alkanes of at least 4 members (excludes halogenated alkanes) is 3. The van der Waals surface area contributed by atoms with E-state index in [2.05, 4.69) is 27.4 Å². The molecule has 0 unspecified atom stereocenters. The number of hydrogen-bond donors (Lipinski definition) is 1. The first-order chi connectivity index (χ1) is 9.31. The van der Waals surface area contributed by atoms with E-state index in [9.17, 15) is 5.11 Å². The third-order valence-corrected chi connectivity index (χ3v) is 10.4. The number of rotatable bonds is 12. The van der Waals surface area contributed by atoms with Crippen molar-refractivity contribution in [2.24, 2.45) is 0 Å². The zero-order valence-corrected chi connectivity index (χ0v) is 17.4. The first kappa shape index (κ1) is 20.5. The van der Waals surface area contributed by atoms with Crippen molar-refractivity contribution in [3.05, 3.63) is 10.2 Å². The van der Waals surface area contributed by atoms with E-state index in [4.69, 9.17) is 0 Å². The third-order valence-electron chi connectivity index (χ3n) is 4.18. The minimum absolute atomic E-state index is 0.544. The average Bonchev–Trinajstić information content (AvgIpc) is 2.39. The molecule has 2 radical (unpaired) electrons. The van der Waals surface area contributed by atoms with Gasteiger partial charge in [-0.1, -0.05) is 0 Å². The monoisotopic (exact) mass is 388 g/mol. The Labute approximate surface area is 137 Å². The van der Waals surface area contributed by atoms with Crippen LogP contribution < -0.4 is 0 Å². The van der Waals surface area contributed by atoms with Gasteiger partial charge in [-0.25, -0.2) is 0 Å². The molecule has 0 aliphatic heterocycles. The van der Waals surface area contributed by atoms with Gasteiger partial charge < -0.3 is 0 Å². The Morgan fingerprint density at radius 2 is 1.25 bits per heavy atom. The molecule has 20 heavy (non-hydrogen) atoms. The van der Waals surface area contributed by atoms with E-state index in [0.29, 0.717) is 3.43 Å². The molecule has 0 aromatic heterocycles. The van der Waals surface area contributed by atoms with Gasteiger partial charge in [0.05, 0.1) is 0 Å². The average molecular weight is 387 g/mol. The van der Waals surface area contributed by atoms with Crippen molar-refractivity contribution < 1.29 is 5.11 Å². The second-order valence-corrected chi connectivity index (χ2v) is 12.2. The van der Waals surface area contributed by atoms with E-state index in [1.165, 1.54) is 61.4 Å². The van der Waals surface area contributed by atoms with Crippen LogP contribution in [-0.2, 0) is 0 Å². The van der Waals surface area contributed by atoms with Gasteiger partial charge in [0.2, 0.25) is 0 Å². The fraction of sp³-hybridized carbons (Fsp3) is 0.889. The maximum absolute atomic E-state index is 10.3. The summed E-state index contributed by atoms with van der Waals surface area (Å²) in [5.74, 6) is 0. The zero-order valence-electron chi connectivity index (χ0n) is 14.5. The van der Waals surface area contributed by atoms with Gasteiger partial charge in [-0.05, 0) is 0 Å². The normalized spacial score (nSPS) is 12.7. The molecular formula is C18H36OSn. The summed E-state index contributed by atoms with van der Waals surface area (Å²) in [6, 6.07) is 0. The molecule has 0 spiro atoms. The van der Waals surface area contributed by atoms with E-state index in [-0.39, 0.29) is 0 Å². The van der Waals surface area contributed by atoms with Gasteiger partial charge in [-0.3, -0.25) is 0 Å². The maximum atomic E-state index is 10.3. The molecule has 0 aromatic carbocycles. The van der Waals surface area contributed by atoms with E-state index in [1.54, 1.807) is 0 Å². The summed E-state index contributed by atoms with van der Waals surface area (Å²) >= 11 is -0.795. The van der Waals surface area contributed by atoms with Crippen LogP contribution in [0, 0.1) is 0 Å². The van der Waals surface area contributed by atoms with Crippen LogP contribution in [0.4, 0.5) is 0 Å². The molecule has 0 heterocycles. The number of aliphatic hydroxyl groups is 1. The minimum atomic E-state index is -0.795. The van der Waals surface area contributed by atoms with Crippen LogP contribution in [0.5, 0.6) is 0 Å². The van der Waals surface area contributed by atoms with Gasteiger partial charge in [-0.15, -0.1) is 0 Å². The Kier molecular flexibility index (Phi) is 10.5. The molecule has 1 N–H and O–H groups in total. The zero-order chi connectivity index (χ0) is 15.6. The molecule has 0 aliphatic carbocycles. The topological polar surface area (TPSA) is 20.2 Å². The molecule has 0 saturated carbocycles. The molecular weight excluding hydrogens is 351 g/mol. The number of hydrogen-bond acceptors (Lipinski definition) is 1. The van der Waals surface area contributed by atoms with Gasteiger partial charge in [0.1, 0.15) is 0 Å². The quantitative estimate of drug-likeness (QED) is 0.426. The first-order valence-electron chi connectivity index (χ1n) is 8.51. The van der Waals surface area contributed by atoms with Crippen LogP contribution in [0.15, 0.2) is 10.2 Å². The van der Waals surface area contributed by atoms with Gasteiger partial charge >= 0.3 is 138 Å². The Hall–Kier alpha value is 0.499. The summed E-state index contributed by atoms with van der Waals surface area (Å²) in [4.78, 5) is 0. The van der Waals surface area contributed by atoms with E-state index < -0.39 is 26.7 Å². The van der Waals surface area contributed by atoms with Crippen molar-refractivity contribution in [2.45, 2.75) is 101 Å². The fourth-order valence-corrected chi connectivity index (χ4v) is 7.87. The molecule has 0 aromatic rings. The SMILES string of the molecule is C=[C]([Sn][C](CCCC)(CCCC)CCCC)C(C)(C)O. The van der Waals surface area contributed by atoms with Crippen LogP contribution >= 0.6 is 0 Å². The molecule has 118 valence electrons. The van der Waals surface area contributed by atoms with Crippen molar-refractivity contribution in [1.29, 1.82) is 0 Å². The molecule has 2 heteroatoms. The summed E-state index contributed by atoms with van der Waals surface area (Å²) in [7, 11) is 0. The summed E-state index contributed by atoms with van der Waals surface area (Å²) in [6.07, 6.45) is 12.0. The molecule has 0 bridgehead atoms. The van der Waals surface area contributed by atoms with E-state index in [0.717, 1.165) is 0 Å². The Bertz CT molecular complexity index is 243. The van der Waals surface area contributed by atoms with Gasteiger partial charge in [0, 0.05) is 0 Å². The molecule has 0 saturated heterocycles. The van der Waals surface area contributed by atoms with Crippen LogP contribution in [0.3, 0.4) is 0 Å². The summed E-state index contributed by atoms with van der Waals surface area (Å²) in [6.45, 7) is 15.0. The standard InChI is InChI=1S/C13H27.C5H9O.Sn/c1-4-7-10-13(11-8-5-2)12-9-6-3;1-4-5(2,3)6;/h4-12H2,1-3H3;6H,1H2,2-3H3;. The van der Waals surface area contributed by atoms with Crippen LogP contribution in [0.1, 0.15) is 92.4 Å². The Morgan fingerprint density at radius 1 is 0.900 bits per heavy atom. The molecule has 0 fully saturated rings. The molecule has 0 amide bonds. The van der Waals surface area contributed by atoms with E-state index in [1.807, 2.05) is 13.8 Å². The summed E-state index contributed by atoms with van der Waals surface area (Å²) in [5.41, 5.74) is -0.665. The van der Waals surface area contributed by atoms with Gasteiger partial charge in [0.25, 0.3) is 0 Å².